The van der Waals surface area contributed by atoms with Crippen LogP contribution >= 0.6 is 0 Å². The molecule has 0 spiro atoms. The molecule has 28 heavy (non-hydrogen) atoms. The molecule has 0 heterocycles. The van der Waals surface area contributed by atoms with E-state index in [1.807, 2.05) is 6.92 Å². The van der Waals surface area contributed by atoms with Crippen LogP contribution in [0, 0.1) is 0 Å². The molecule has 0 aliphatic rings. The Bertz CT molecular complexity index is 567. The van der Waals surface area contributed by atoms with E-state index in [-0.39, 0.29) is 18.0 Å². The van der Waals surface area contributed by atoms with Crippen LogP contribution in [0.4, 0.5) is 0 Å². The molecule has 0 amide bonds. The number of ether oxygens (including phenoxy) is 2. The molecule has 1 rings (SSSR count). The first-order valence-electron chi connectivity index (χ1n) is 11.1. The van der Waals surface area contributed by atoms with Gasteiger partial charge in [0.25, 0.3) is 0 Å². The Kier molecular flexibility index (Phi) is 13.1. The topological polar surface area (TPSA) is 52.6 Å². The maximum Gasteiger partial charge on any atom is 0.338 e. The number of unbranched alkanes of at least 4 members (excludes halogenated alkanes) is 8. The smallest absolute Gasteiger partial charge is 0.338 e. The third-order valence-corrected chi connectivity index (χ3v) is 4.84. The average molecular weight is 391 g/mol. The lowest BCUT2D eigenvalue weighted by Gasteiger charge is -2.13. The van der Waals surface area contributed by atoms with Gasteiger partial charge in [-0.25, -0.2) is 9.59 Å². The number of carbonyl (C=O) groups is 2. The van der Waals surface area contributed by atoms with Gasteiger partial charge < -0.3 is 9.47 Å². The first kappa shape index (κ1) is 24.2. The SMILES string of the molecule is CCCCCCCCCCOC(=O)c1cccc(C(=O)OC(C)CCCC)c1. The number of hydrogen-bond acceptors (Lipinski definition) is 4. The van der Waals surface area contributed by atoms with E-state index in [1.165, 1.54) is 38.5 Å². The third-order valence-electron chi connectivity index (χ3n) is 4.84. The minimum Gasteiger partial charge on any atom is -0.462 e. The highest BCUT2D eigenvalue weighted by atomic mass is 16.5. The van der Waals surface area contributed by atoms with Crippen LogP contribution in [0.15, 0.2) is 24.3 Å². The molecule has 1 aromatic carbocycles. The van der Waals surface area contributed by atoms with Crippen molar-refractivity contribution in [2.45, 2.75) is 97.5 Å². The molecule has 1 unspecified atom stereocenters. The number of carbonyl (C=O) groups excluding carboxylic acids is 2. The highest BCUT2D eigenvalue weighted by molar-refractivity contribution is 5.95. The molecule has 0 radical (unpaired) electrons. The van der Waals surface area contributed by atoms with Gasteiger partial charge in [-0.05, 0) is 38.0 Å². The maximum atomic E-state index is 12.2. The third kappa shape index (κ3) is 10.5. The molecule has 4 heteroatoms. The Hall–Kier alpha value is -1.84. The number of rotatable bonds is 15. The van der Waals surface area contributed by atoms with E-state index < -0.39 is 0 Å². The van der Waals surface area contributed by atoms with Crippen molar-refractivity contribution >= 4 is 11.9 Å². The van der Waals surface area contributed by atoms with Gasteiger partial charge in [0.2, 0.25) is 0 Å². The van der Waals surface area contributed by atoms with Gasteiger partial charge in [0.1, 0.15) is 0 Å². The Labute approximate surface area is 171 Å². The Morgan fingerprint density at radius 3 is 2.04 bits per heavy atom. The van der Waals surface area contributed by atoms with Crippen LogP contribution < -0.4 is 0 Å². The van der Waals surface area contributed by atoms with Gasteiger partial charge in [-0.2, -0.15) is 0 Å². The fraction of sp³-hybridized carbons (Fsp3) is 0.667. The molecule has 0 saturated heterocycles. The van der Waals surface area contributed by atoms with Gasteiger partial charge >= 0.3 is 11.9 Å². The fourth-order valence-corrected chi connectivity index (χ4v) is 3.06. The largest absolute Gasteiger partial charge is 0.462 e. The predicted molar refractivity (Wildman–Crippen MR) is 114 cm³/mol. The zero-order valence-electron chi connectivity index (χ0n) is 18.0. The fourth-order valence-electron chi connectivity index (χ4n) is 3.06. The summed E-state index contributed by atoms with van der Waals surface area (Å²) in [6.45, 7) is 6.66. The highest BCUT2D eigenvalue weighted by Gasteiger charge is 2.15. The van der Waals surface area contributed by atoms with E-state index in [1.54, 1.807) is 24.3 Å². The maximum absolute atomic E-state index is 12.2. The molecule has 158 valence electrons. The molecular formula is C24H38O4. The van der Waals surface area contributed by atoms with Gasteiger partial charge in [-0.3, -0.25) is 0 Å². The summed E-state index contributed by atoms with van der Waals surface area (Å²) in [6.07, 6.45) is 12.5. The molecule has 0 N–H and O–H groups in total. The van der Waals surface area contributed by atoms with E-state index in [4.69, 9.17) is 9.47 Å². The van der Waals surface area contributed by atoms with Gasteiger partial charge in [-0.1, -0.05) is 77.7 Å². The lowest BCUT2D eigenvalue weighted by atomic mass is 10.1. The van der Waals surface area contributed by atoms with Crippen molar-refractivity contribution in [2.24, 2.45) is 0 Å². The molecule has 4 nitrogen and oxygen atoms in total. The second-order valence-electron chi connectivity index (χ2n) is 7.55. The summed E-state index contributed by atoms with van der Waals surface area (Å²) in [6, 6.07) is 6.60. The lowest BCUT2D eigenvalue weighted by molar-refractivity contribution is 0.0320. The van der Waals surface area contributed by atoms with E-state index in [2.05, 4.69) is 13.8 Å². The van der Waals surface area contributed by atoms with Crippen LogP contribution in [0.25, 0.3) is 0 Å². The first-order valence-corrected chi connectivity index (χ1v) is 11.1. The number of hydrogen-bond donors (Lipinski definition) is 0. The van der Waals surface area contributed by atoms with Crippen LogP contribution in [0.1, 0.15) is 112 Å². The Balaban J connectivity index is 2.32. The molecule has 0 aliphatic heterocycles. The zero-order valence-corrected chi connectivity index (χ0v) is 18.0. The summed E-state index contributed by atoms with van der Waals surface area (Å²) in [5, 5.41) is 0. The zero-order chi connectivity index (χ0) is 20.6. The van der Waals surface area contributed by atoms with Crippen molar-refractivity contribution in [1.82, 2.24) is 0 Å². The van der Waals surface area contributed by atoms with Gasteiger partial charge in [0.15, 0.2) is 0 Å². The minimum absolute atomic E-state index is 0.120. The molecule has 0 bridgehead atoms. The molecule has 0 aliphatic carbocycles. The highest BCUT2D eigenvalue weighted by Crippen LogP contribution is 2.13. The van der Waals surface area contributed by atoms with Crippen molar-refractivity contribution < 1.29 is 19.1 Å². The van der Waals surface area contributed by atoms with Crippen LogP contribution in [0.5, 0.6) is 0 Å². The second-order valence-corrected chi connectivity index (χ2v) is 7.55. The van der Waals surface area contributed by atoms with Crippen molar-refractivity contribution in [3.63, 3.8) is 0 Å². The first-order chi connectivity index (χ1) is 13.6. The second kappa shape index (κ2) is 15.1. The van der Waals surface area contributed by atoms with Gasteiger partial charge in [0, 0.05) is 0 Å². The normalized spacial score (nSPS) is 11.8. The predicted octanol–water partition coefficient (Wildman–Crippen LogP) is 6.72. The van der Waals surface area contributed by atoms with Gasteiger partial charge in [0.05, 0.1) is 23.8 Å². The monoisotopic (exact) mass is 390 g/mol. The molecule has 1 aromatic rings. The molecule has 0 aromatic heterocycles. The summed E-state index contributed by atoms with van der Waals surface area (Å²) in [7, 11) is 0. The number of benzene rings is 1. The van der Waals surface area contributed by atoms with Crippen LogP contribution in [0.3, 0.4) is 0 Å². The van der Waals surface area contributed by atoms with Crippen molar-refractivity contribution in [3.05, 3.63) is 35.4 Å². The Morgan fingerprint density at radius 2 is 1.39 bits per heavy atom. The van der Waals surface area contributed by atoms with E-state index in [0.717, 1.165) is 32.1 Å². The van der Waals surface area contributed by atoms with E-state index in [9.17, 15) is 9.59 Å². The van der Waals surface area contributed by atoms with Gasteiger partial charge in [-0.15, -0.1) is 0 Å². The summed E-state index contributed by atoms with van der Waals surface area (Å²) >= 11 is 0. The summed E-state index contributed by atoms with van der Waals surface area (Å²) in [5.41, 5.74) is 0.792. The van der Waals surface area contributed by atoms with E-state index >= 15 is 0 Å². The number of esters is 2. The van der Waals surface area contributed by atoms with Crippen molar-refractivity contribution in [2.75, 3.05) is 6.61 Å². The van der Waals surface area contributed by atoms with Crippen molar-refractivity contribution in [1.29, 1.82) is 0 Å². The molecular weight excluding hydrogens is 352 g/mol. The standard InChI is InChI=1S/C24H38O4/c1-4-6-8-9-10-11-12-13-18-27-23(25)21-16-14-17-22(19-21)24(26)28-20(3)15-7-5-2/h14,16-17,19-20H,4-13,15,18H2,1-3H3. The lowest BCUT2D eigenvalue weighted by Crippen LogP contribution is -2.15. The summed E-state index contributed by atoms with van der Waals surface area (Å²) in [5.74, 6) is -0.766. The Morgan fingerprint density at radius 1 is 0.821 bits per heavy atom. The summed E-state index contributed by atoms with van der Waals surface area (Å²) < 4.78 is 10.8. The van der Waals surface area contributed by atoms with Crippen LogP contribution in [0.2, 0.25) is 0 Å². The quantitative estimate of drug-likeness (QED) is 0.246. The van der Waals surface area contributed by atoms with Crippen LogP contribution in [-0.2, 0) is 9.47 Å². The van der Waals surface area contributed by atoms with Crippen LogP contribution in [-0.4, -0.2) is 24.6 Å². The molecule has 0 saturated carbocycles. The van der Waals surface area contributed by atoms with Crippen molar-refractivity contribution in [3.8, 4) is 0 Å². The minimum atomic E-state index is -0.388. The summed E-state index contributed by atoms with van der Waals surface area (Å²) in [4.78, 5) is 24.5. The molecule has 0 fully saturated rings. The average Bonchev–Trinajstić information content (AvgIpc) is 2.71. The van der Waals surface area contributed by atoms with E-state index in [0.29, 0.717) is 17.7 Å². The molecule has 1 atom stereocenters.